The second-order valence-electron chi connectivity index (χ2n) is 4.92. The molecule has 1 rings (SSSR count). The summed E-state index contributed by atoms with van der Waals surface area (Å²) in [4.78, 5) is 0. The van der Waals surface area contributed by atoms with Crippen LogP contribution in [0.2, 0.25) is 0 Å². The lowest BCUT2D eigenvalue weighted by Crippen LogP contribution is -2.17. The Morgan fingerprint density at radius 2 is 1.88 bits per heavy atom. The van der Waals surface area contributed by atoms with Gasteiger partial charge in [0, 0.05) is 18.8 Å². The molecule has 1 N–H and O–H groups in total. The maximum Gasteiger partial charge on any atom is 0.0638 e. The van der Waals surface area contributed by atoms with Gasteiger partial charge in [0.2, 0.25) is 0 Å². The van der Waals surface area contributed by atoms with Crippen LogP contribution in [0.4, 0.5) is 5.69 Å². The predicted molar refractivity (Wildman–Crippen MR) is 70.1 cm³/mol. The normalized spacial score (nSPS) is 11.5. The van der Waals surface area contributed by atoms with Crippen LogP contribution in [-0.4, -0.2) is 19.8 Å². The van der Waals surface area contributed by atoms with E-state index in [0.29, 0.717) is 0 Å². The van der Waals surface area contributed by atoms with Gasteiger partial charge in [-0.1, -0.05) is 39.0 Å². The molecule has 0 saturated carbocycles. The molecule has 0 fully saturated rings. The zero-order valence-corrected chi connectivity index (χ0v) is 10.8. The molecule has 0 atom stereocenters. The summed E-state index contributed by atoms with van der Waals surface area (Å²) in [6.07, 6.45) is 0. The summed E-state index contributed by atoms with van der Waals surface area (Å²) in [5.41, 5.74) is 2.75. The molecular weight excluding hydrogens is 198 g/mol. The van der Waals surface area contributed by atoms with E-state index in [0.717, 1.165) is 19.8 Å². The summed E-state index contributed by atoms with van der Waals surface area (Å²) >= 11 is 0. The number of nitrogens with one attached hydrogen (secondary N) is 1. The number of benzene rings is 1. The molecule has 0 aromatic heterocycles. The highest BCUT2D eigenvalue weighted by atomic mass is 16.5. The van der Waals surface area contributed by atoms with Gasteiger partial charge in [-0.3, -0.25) is 0 Å². The summed E-state index contributed by atoms with van der Waals surface area (Å²) in [5.74, 6) is 0. The minimum absolute atomic E-state index is 0.176. The van der Waals surface area contributed by atoms with Crippen molar-refractivity contribution in [2.24, 2.45) is 0 Å². The van der Waals surface area contributed by atoms with Crippen LogP contribution in [0.5, 0.6) is 0 Å². The van der Waals surface area contributed by atoms with E-state index in [1.165, 1.54) is 11.3 Å². The van der Waals surface area contributed by atoms with Gasteiger partial charge in [0.15, 0.2) is 0 Å². The SMILES string of the molecule is CCOCCNc1ccccc1C(C)(C)C. The van der Waals surface area contributed by atoms with Crippen LogP contribution in [0.3, 0.4) is 0 Å². The highest BCUT2D eigenvalue weighted by Gasteiger charge is 2.16. The summed E-state index contributed by atoms with van der Waals surface area (Å²) in [6, 6.07) is 8.47. The van der Waals surface area contributed by atoms with Crippen molar-refractivity contribution in [1.29, 1.82) is 0 Å². The van der Waals surface area contributed by atoms with E-state index < -0.39 is 0 Å². The van der Waals surface area contributed by atoms with Gasteiger partial charge in [-0.05, 0) is 24.0 Å². The third-order valence-electron chi connectivity index (χ3n) is 2.50. The first-order valence-corrected chi connectivity index (χ1v) is 5.97. The zero-order valence-electron chi connectivity index (χ0n) is 10.8. The summed E-state index contributed by atoms with van der Waals surface area (Å²) < 4.78 is 5.32. The lowest BCUT2D eigenvalue weighted by Gasteiger charge is -2.23. The Morgan fingerprint density at radius 1 is 1.19 bits per heavy atom. The van der Waals surface area contributed by atoms with Crippen molar-refractivity contribution in [3.63, 3.8) is 0 Å². The average Bonchev–Trinajstić information content (AvgIpc) is 2.24. The highest BCUT2D eigenvalue weighted by molar-refractivity contribution is 5.54. The molecule has 0 aliphatic heterocycles. The maximum absolute atomic E-state index is 5.32. The number of hydrogen-bond donors (Lipinski definition) is 1. The minimum atomic E-state index is 0.176. The Kier molecular flexibility index (Phi) is 4.81. The standard InChI is InChI=1S/C14H23NO/c1-5-16-11-10-15-13-9-7-6-8-12(13)14(2,3)4/h6-9,15H,5,10-11H2,1-4H3. The third kappa shape index (κ3) is 3.86. The number of anilines is 1. The first-order chi connectivity index (χ1) is 7.55. The van der Waals surface area contributed by atoms with E-state index in [4.69, 9.17) is 4.74 Å². The molecule has 0 unspecified atom stereocenters. The van der Waals surface area contributed by atoms with Crippen LogP contribution in [0.1, 0.15) is 33.3 Å². The molecule has 16 heavy (non-hydrogen) atoms. The topological polar surface area (TPSA) is 21.3 Å². The van der Waals surface area contributed by atoms with Crippen molar-refractivity contribution in [3.05, 3.63) is 29.8 Å². The van der Waals surface area contributed by atoms with Gasteiger partial charge in [-0.15, -0.1) is 0 Å². The molecular formula is C14H23NO. The molecule has 90 valence electrons. The summed E-state index contributed by atoms with van der Waals surface area (Å²) in [5, 5.41) is 3.43. The molecule has 2 nitrogen and oxygen atoms in total. The molecule has 1 aromatic carbocycles. The Bertz CT molecular complexity index is 315. The van der Waals surface area contributed by atoms with Crippen molar-refractivity contribution in [3.8, 4) is 0 Å². The Balaban J connectivity index is 2.65. The molecule has 0 spiro atoms. The predicted octanol–water partition coefficient (Wildman–Crippen LogP) is 3.43. The molecule has 0 bridgehead atoms. The number of hydrogen-bond acceptors (Lipinski definition) is 2. The fraction of sp³-hybridized carbons (Fsp3) is 0.571. The van der Waals surface area contributed by atoms with Crippen LogP contribution in [0.25, 0.3) is 0 Å². The van der Waals surface area contributed by atoms with E-state index in [1.54, 1.807) is 0 Å². The lowest BCUT2D eigenvalue weighted by molar-refractivity contribution is 0.158. The zero-order chi connectivity index (χ0) is 12.0. The van der Waals surface area contributed by atoms with Crippen LogP contribution in [0, 0.1) is 0 Å². The largest absolute Gasteiger partial charge is 0.382 e. The summed E-state index contributed by atoms with van der Waals surface area (Å²) in [7, 11) is 0. The Labute approximate surface area is 99.0 Å². The molecule has 0 radical (unpaired) electrons. The van der Waals surface area contributed by atoms with Gasteiger partial charge in [0.25, 0.3) is 0 Å². The van der Waals surface area contributed by atoms with Crippen LogP contribution in [0.15, 0.2) is 24.3 Å². The number of rotatable bonds is 5. The van der Waals surface area contributed by atoms with Crippen molar-refractivity contribution < 1.29 is 4.74 Å². The van der Waals surface area contributed by atoms with Gasteiger partial charge in [0.05, 0.1) is 6.61 Å². The smallest absolute Gasteiger partial charge is 0.0638 e. The van der Waals surface area contributed by atoms with E-state index in [2.05, 4.69) is 50.4 Å². The van der Waals surface area contributed by atoms with E-state index >= 15 is 0 Å². The molecule has 0 amide bonds. The van der Waals surface area contributed by atoms with Crippen molar-refractivity contribution in [1.82, 2.24) is 0 Å². The van der Waals surface area contributed by atoms with Gasteiger partial charge >= 0.3 is 0 Å². The van der Waals surface area contributed by atoms with Crippen LogP contribution < -0.4 is 5.32 Å². The Hall–Kier alpha value is -1.02. The van der Waals surface area contributed by atoms with Gasteiger partial charge in [-0.2, -0.15) is 0 Å². The molecule has 2 heteroatoms. The second kappa shape index (κ2) is 5.90. The van der Waals surface area contributed by atoms with Crippen molar-refractivity contribution in [2.75, 3.05) is 25.1 Å². The van der Waals surface area contributed by atoms with E-state index in [1.807, 2.05) is 6.92 Å². The highest BCUT2D eigenvalue weighted by Crippen LogP contribution is 2.28. The van der Waals surface area contributed by atoms with E-state index in [9.17, 15) is 0 Å². The Morgan fingerprint density at radius 3 is 2.50 bits per heavy atom. The van der Waals surface area contributed by atoms with Crippen molar-refractivity contribution in [2.45, 2.75) is 33.1 Å². The first kappa shape index (κ1) is 13.0. The van der Waals surface area contributed by atoms with Crippen LogP contribution in [-0.2, 0) is 10.2 Å². The second-order valence-corrected chi connectivity index (χ2v) is 4.92. The quantitative estimate of drug-likeness (QED) is 0.769. The lowest BCUT2D eigenvalue weighted by atomic mass is 9.86. The van der Waals surface area contributed by atoms with Crippen molar-refractivity contribution >= 4 is 5.69 Å². The maximum atomic E-state index is 5.32. The fourth-order valence-corrected chi connectivity index (χ4v) is 1.69. The fourth-order valence-electron chi connectivity index (χ4n) is 1.69. The molecule has 0 aliphatic carbocycles. The van der Waals surface area contributed by atoms with Crippen LogP contribution >= 0.6 is 0 Å². The third-order valence-corrected chi connectivity index (χ3v) is 2.50. The molecule has 1 aromatic rings. The van der Waals surface area contributed by atoms with Gasteiger partial charge < -0.3 is 10.1 Å². The van der Waals surface area contributed by atoms with E-state index in [-0.39, 0.29) is 5.41 Å². The van der Waals surface area contributed by atoms with Gasteiger partial charge in [0.1, 0.15) is 0 Å². The monoisotopic (exact) mass is 221 g/mol. The minimum Gasteiger partial charge on any atom is -0.382 e. The average molecular weight is 221 g/mol. The van der Waals surface area contributed by atoms with Gasteiger partial charge in [-0.25, -0.2) is 0 Å². The first-order valence-electron chi connectivity index (χ1n) is 5.97. The molecule has 0 saturated heterocycles. The number of para-hydroxylation sites is 1. The number of ether oxygens (including phenoxy) is 1. The summed E-state index contributed by atoms with van der Waals surface area (Å²) in [6.45, 7) is 11.1. The molecule has 0 aliphatic rings. The molecule has 0 heterocycles.